The molecule has 0 N–H and O–H groups in total. The number of non-ortho nitro benzene ring substituents is 1. The summed E-state index contributed by atoms with van der Waals surface area (Å²) in [6, 6.07) is 4.69. The van der Waals surface area contributed by atoms with Crippen molar-refractivity contribution < 1.29 is 4.92 Å². The molecule has 0 radical (unpaired) electrons. The quantitative estimate of drug-likeness (QED) is 0.462. The van der Waals surface area contributed by atoms with E-state index in [1.54, 1.807) is 12.1 Å². The Morgan fingerprint density at radius 2 is 2.31 bits per heavy atom. The van der Waals surface area contributed by atoms with Crippen LogP contribution in [-0.2, 0) is 0 Å². The van der Waals surface area contributed by atoms with E-state index < -0.39 is 4.92 Å². The van der Waals surface area contributed by atoms with Gasteiger partial charge >= 0.3 is 0 Å². The van der Waals surface area contributed by atoms with Crippen LogP contribution in [0, 0.1) is 13.1 Å². The molecule has 0 aliphatic carbocycles. The normalized spacial score (nSPS) is 10.5. The standard InChI is InChI=1S/C7H3IN2O2S/c8-7-9-5-2-1-4(10(11)12)3-6(5)13-7/h1-3H. The van der Waals surface area contributed by atoms with Gasteiger partial charge in [-0.3, -0.25) is 10.1 Å². The number of aromatic nitrogens is 1. The van der Waals surface area contributed by atoms with Crippen LogP contribution in [0.25, 0.3) is 10.2 Å². The average Bonchev–Trinajstić information content (AvgIpc) is 2.42. The van der Waals surface area contributed by atoms with E-state index in [1.807, 2.05) is 0 Å². The molecule has 6 heteroatoms. The second-order valence-corrected chi connectivity index (χ2v) is 5.16. The first-order valence-electron chi connectivity index (χ1n) is 3.37. The smallest absolute Gasteiger partial charge is 0.258 e. The molecule has 0 fully saturated rings. The minimum Gasteiger partial charge on any atom is -0.258 e. The van der Waals surface area contributed by atoms with Crippen LogP contribution in [0.3, 0.4) is 0 Å². The summed E-state index contributed by atoms with van der Waals surface area (Å²) in [6.07, 6.45) is 0. The SMILES string of the molecule is O=[N+]([O-])c1ccc2nc(I)sc2c1. The molecular formula is C7H3IN2O2S. The number of thiazole rings is 1. The molecule has 0 aliphatic heterocycles. The highest BCUT2D eigenvalue weighted by molar-refractivity contribution is 14.1. The number of fused-ring (bicyclic) bond motifs is 1. The van der Waals surface area contributed by atoms with Crippen LogP contribution in [-0.4, -0.2) is 9.91 Å². The van der Waals surface area contributed by atoms with Crippen molar-refractivity contribution in [2.45, 2.75) is 0 Å². The molecule has 2 rings (SSSR count). The zero-order valence-electron chi connectivity index (χ0n) is 6.23. The Bertz CT molecular complexity index is 482. The molecule has 0 spiro atoms. The molecule has 13 heavy (non-hydrogen) atoms. The molecule has 4 nitrogen and oxygen atoms in total. The summed E-state index contributed by atoms with van der Waals surface area (Å²) >= 11 is 3.55. The number of halogens is 1. The Labute approximate surface area is 90.9 Å². The van der Waals surface area contributed by atoms with Crippen molar-refractivity contribution in [3.8, 4) is 0 Å². The molecule has 0 bridgehead atoms. The molecule has 0 saturated heterocycles. The lowest BCUT2D eigenvalue weighted by Crippen LogP contribution is -1.85. The van der Waals surface area contributed by atoms with Gasteiger partial charge in [0, 0.05) is 12.1 Å². The fourth-order valence-electron chi connectivity index (χ4n) is 0.999. The maximum absolute atomic E-state index is 10.4. The van der Waals surface area contributed by atoms with Crippen molar-refractivity contribution in [2.75, 3.05) is 0 Å². The van der Waals surface area contributed by atoms with Gasteiger partial charge in [0.25, 0.3) is 5.69 Å². The van der Waals surface area contributed by atoms with Gasteiger partial charge in [0.1, 0.15) is 0 Å². The monoisotopic (exact) mass is 306 g/mol. The molecule has 0 unspecified atom stereocenters. The third-order valence-corrected chi connectivity index (χ3v) is 3.27. The van der Waals surface area contributed by atoms with Crippen molar-refractivity contribution in [3.63, 3.8) is 0 Å². The van der Waals surface area contributed by atoms with Gasteiger partial charge in [-0.2, -0.15) is 0 Å². The van der Waals surface area contributed by atoms with Gasteiger partial charge in [0.05, 0.1) is 15.1 Å². The predicted octanol–water partition coefficient (Wildman–Crippen LogP) is 2.81. The van der Waals surface area contributed by atoms with E-state index in [2.05, 4.69) is 27.6 Å². The largest absolute Gasteiger partial charge is 0.270 e. The lowest BCUT2D eigenvalue weighted by molar-refractivity contribution is -0.384. The van der Waals surface area contributed by atoms with Crippen LogP contribution in [0.4, 0.5) is 5.69 Å². The summed E-state index contributed by atoms with van der Waals surface area (Å²) in [6.45, 7) is 0. The van der Waals surface area contributed by atoms with Crippen LogP contribution >= 0.6 is 33.9 Å². The number of nitrogens with zero attached hydrogens (tertiary/aromatic N) is 2. The summed E-state index contributed by atoms with van der Waals surface area (Å²) in [4.78, 5) is 14.2. The fourth-order valence-corrected chi connectivity index (χ4v) is 2.69. The third kappa shape index (κ3) is 1.63. The summed E-state index contributed by atoms with van der Waals surface area (Å²) in [5, 5.41) is 10.4. The van der Waals surface area contributed by atoms with Crippen molar-refractivity contribution in [1.29, 1.82) is 0 Å². The number of nitro groups is 1. The first-order valence-corrected chi connectivity index (χ1v) is 5.27. The van der Waals surface area contributed by atoms with Gasteiger partial charge in [0.15, 0.2) is 3.01 Å². The molecule has 0 aliphatic rings. The van der Waals surface area contributed by atoms with E-state index in [9.17, 15) is 10.1 Å². The Morgan fingerprint density at radius 3 is 3.00 bits per heavy atom. The summed E-state index contributed by atoms with van der Waals surface area (Å²) in [5.41, 5.74) is 0.938. The number of rotatable bonds is 1. The third-order valence-electron chi connectivity index (χ3n) is 1.56. The minimum absolute atomic E-state index is 0.118. The Balaban J connectivity index is 2.67. The first-order chi connectivity index (χ1) is 6.16. The summed E-state index contributed by atoms with van der Waals surface area (Å²) in [5.74, 6) is 0. The van der Waals surface area contributed by atoms with Crippen LogP contribution < -0.4 is 0 Å². The zero-order chi connectivity index (χ0) is 9.42. The first kappa shape index (κ1) is 8.82. The summed E-state index contributed by atoms with van der Waals surface area (Å²) < 4.78 is 1.76. The molecular weight excluding hydrogens is 303 g/mol. The highest BCUT2D eigenvalue weighted by Gasteiger charge is 2.08. The molecule has 1 aromatic carbocycles. The minimum atomic E-state index is -0.397. The maximum Gasteiger partial charge on any atom is 0.270 e. The van der Waals surface area contributed by atoms with Gasteiger partial charge < -0.3 is 0 Å². The molecule has 0 saturated carbocycles. The average molecular weight is 306 g/mol. The van der Waals surface area contributed by atoms with Crippen molar-refractivity contribution in [3.05, 3.63) is 31.3 Å². The highest BCUT2D eigenvalue weighted by atomic mass is 127. The topological polar surface area (TPSA) is 56.0 Å². The van der Waals surface area contributed by atoms with Crippen LogP contribution in [0.15, 0.2) is 18.2 Å². The van der Waals surface area contributed by atoms with E-state index in [1.165, 1.54) is 17.4 Å². The second kappa shape index (κ2) is 3.18. The number of benzene rings is 1. The lowest BCUT2D eigenvalue weighted by atomic mass is 10.3. The van der Waals surface area contributed by atoms with Gasteiger partial charge in [-0.1, -0.05) is 0 Å². The lowest BCUT2D eigenvalue weighted by Gasteiger charge is -1.88. The molecule has 0 amide bonds. The molecule has 1 heterocycles. The summed E-state index contributed by atoms with van der Waals surface area (Å²) in [7, 11) is 0. The Morgan fingerprint density at radius 1 is 1.54 bits per heavy atom. The van der Waals surface area contributed by atoms with E-state index in [-0.39, 0.29) is 5.69 Å². The molecule has 1 aromatic heterocycles. The fraction of sp³-hybridized carbons (Fsp3) is 0. The van der Waals surface area contributed by atoms with Crippen LogP contribution in [0.5, 0.6) is 0 Å². The Kier molecular flexibility index (Phi) is 2.16. The highest BCUT2D eigenvalue weighted by Crippen LogP contribution is 2.26. The van der Waals surface area contributed by atoms with Gasteiger partial charge in [-0.05, 0) is 28.7 Å². The van der Waals surface area contributed by atoms with Crippen molar-refractivity contribution in [2.24, 2.45) is 0 Å². The van der Waals surface area contributed by atoms with Crippen LogP contribution in [0.2, 0.25) is 0 Å². The second-order valence-electron chi connectivity index (χ2n) is 2.38. The van der Waals surface area contributed by atoms with Crippen molar-refractivity contribution in [1.82, 2.24) is 4.98 Å². The molecule has 66 valence electrons. The van der Waals surface area contributed by atoms with E-state index >= 15 is 0 Å². The molecule has 0 atom stereocenters. The van der Waals surface area contributed by atoms with Crippen molar-refractivity contribution >= 4 is 49.8 Å². The van der Waals surface area contributed by atoms with E-state index in [4.69, 9.17) is 0 Å². The Hall–Kier alpha value is -0.760. The number of hydrogen-bond donors (Lipinski definition) is 0. The predicted molar refractivity (Wildman–Crippen MR) is 59.0 cm³/mol. The van der Waals surface area contributed by atoms with Crippen LogP contribution in [0.1, 0.15) is 0 Å². The maximum atomic E-state index is 10.4. The van der Waals surface area contributed by atoms with E-state index in [0.717, 1.165) is 13.2 Å². The zero-order valence-corrected chi connectivity index (χ0v) is 9.20. The molecule has 2 aromatic rings. The van der Waals surface area contributed by atoms with Gasteiger partial charge in [0.2, 0.25) is 0 Å². The number of hydrogen-bond acceptors (Lipinski definition) is 4. The van der Waals surface area contributed by atoms with Gasteiger partial charge in [-0.25, -0.2) is 4.98 Å². The van der Waals surface area contributed by atoms with E-state index in [0.29, 0.717) is 0 Å². The number of nitro benzene ring substituents is 1. The van der Waals surface area contributed by atoms with Gasteiger partial charge in [-0.15, -0.1) is 11.3 Å².